The minimum atomic E-state index is -1.83. The first kappa shape index (κ1) is 17.8. The molecule has 0 N–H and O–H groups in total. The van der Waals surface area contributed by atoms with Gasteiger partial charge in [0.05, 0.1) is 6.10 Å². The maximum Gasteiger partial charge on any atom is 0.192 e. The number of carbonyl (C=O) groups is 1. The van der Waals surface area contributed by atoms with Gasteiger partial charge in [0.2, 0.25) is 0 Å². The van der Waals surface area contributed by atoms with Crippen LogP contribution in [0, 0.1) is 11.8 Å². The average Bonchev–Trinajstić information content (AvgIpc) is 3.00. The molecule has 1 saturated heterocycles. The van der Waals surface area contributed by atoms with E-state index in [9.17, 15) is 4.79 Å². The second kappa shape index (κ2) is 6.39. The summed E-state index contributed by atoms with van der Waals surface area (Å²) >= 11 is 0. The van der Waals surface area contributed by atoms with E-state index in [0.717, 1.165) is 19.6 Å². The summed E-state index contributed by atoms with van der Waals surface area (Å²) in [6.07, 6.45) is 0.755. The van der Waals surface area contributed by atoms with Crippen molar-refractivity contribution in [3.8, 4) is 0 Å². The van der Waals surface area contributed by atoms with E-state index in [4.69, 9.17) is 4.43 Å². The zero-order valence-corrected chi connectivity index (χ0v) is 16.7. The van der Waals surface area contributed by atoms with E-state index >= 15 is 0 Å². The van der Waals surface area contributed by atoms with Crippen LogP contribution in [0.4, 0.5) is 0 Å². The predicted octanol–water partition coefficient (Wildman–Crippen LogP) is 4.10. The maximum absolute atomic E-state index is 12.5. The number of carbonyl (C=O) groups excluding carboxylic acids is 1. The number of ketones is 1. The molecule has 1 aliphatic heterocycles. The number of Topliss-reactive ketones (excluding diaryl/α,β-unsaturated/α-hetero) is 1. The highest BCUT2D eigenvalue weighted by Gasteiger charge is 2.51. The topological polar surface area (TPSA) is 29.5 Å². The maximum atomic E-state index is 12.5. The Morgan fingerprint density at radius 3 is 2.46 bits per heavy atom. The number of nitrogens with zero attached hydrogens (tertiary/aromatic N) is 1. The SMILES string of the molecule is CC(C)(C)[Si](C)(C)O[C@@H]1CC(=O)[C@H]2CN(Cc3ccccc3)C[C@H]21. The fourth-order valence-corrected chi connectivity index (χ4v) is 5.16. The van der Waals surface area contributed by atoms with E-state index in [0.29, 0.717) is 18.1 Å². The van der Waals surface area contributed by atoms with Gasteiger partial charge in [-0.15, -0.1) is 0 Å². The van der Waals surface area contributed by atoms with Gasteiger partial charge in [-0.05, 0) is 23.7 Å². The first-order valence-corrected chi connectivity index (χ1v) is 12.0. The van der Waals surface area contributed by atoms with Crippen LogP contribution in [0.1, 0.15) is 32.8 Å². The molecule has 1 aromatic carbocycles. The Kier molecular flexibility index (Phi) is 4.75. The Balaban J connectivity index is 1.67. The molecule has 1 aliphatic carbocycles. The minimum Gasteiger partial charge on any atom is -0.413 e. The molecule has 0 bridgehead atoms. The lowest BCUT2D eigenvalue weighted by Crippen LogP contribution is -2.45. The summed E-state index contributed by atoms with van der Waals surface area (Å²) in [7, 11) is -1.83. The Labute approximate surface area is 147 Å². The molecule has 3 atom stereocenters. The van der Waals surface area contributed by atoms with Crippen molar-refractivity contribution in [2.75, 3.05) is 13.1 Å². The molecule has 0 amide bonds. The second-order valence-electron chi connectivity index (χ2n) is 9.04. The monoisotopic (exact) mass is 345 g/mol. The molecule has 3 nitrogen and oxygen atoms in total. The molecule has 2 fully saturated rings. The third-order valence-corrected chi connectivity index (χ3v) is 10.7. The van der Waals surface area contributed by atoms with Crippen LogP contribution in [-0.4, -0.2) is 38.2 Å². The molecule has 24 heavy (non-hydrogen) atoms. The summed E-state index contributed by atoms with van der Waals surface area (Å²) in [5, 5.41) is 0.191. The summed E-state index contributed by atoms with van der Waals surface area (Å²) in [4.78, 5) is 14.9. The Bertz CT molecular complexity index is 593. The highest BCUT2D eigenvalue weighted by atomic mass is 28.4. The molecular formula is C20H31NO2Si. The van der Waals surface area contributed by atoms with Gasteiger partial charge in [0, 0.05) is 37.9 Å². The number of hydrogen-bond donors (Lipinski definition) is 0. The number of likely N-dealkylation sites (tertiary alicyclic amines) is 1. The van der Waals surface area contributed by atoms with Crippen LogP contribution >= 0.6 is 0 Å². The highest BCUT2D eigenvalue weighted by molar-refractivity contribution is 6.74. The molecular weight excluding hydrogens is 314 g/mol. The predicted molar refractivity (Wildman–Crippen MR) is 100 cm³/mol. The van der Waals surface area contributed by atoms with Crippen molar-refractivity contribution in [3.63, 3.8) is 0 Å². The van der Waals surface area contributed by atoms with Crippen molar-refractivity contribution in [3.05, 3.63) is 35.9 Å². The van der Waals surface area contributed by atoms with Gasteiger partial charge in [-0.1, -0.05) is 51.1 Å². The largest absolute Gasteiger partial charge is 0.413 e. The van der Waals surface area contributed by atoms with Gasteiger partial charge in [0.25, 0.3) is 0 Å². The summed E-state index contributed by atoms with van der Waals surface area (Å²) < 4.78 is 6.64. The lowest BCUT2D eigenvalue weighted by molar-refractivity contribution is -0.121. The molecule has 0 radical (unpaired) electrons. The van der Waals surface area contributed by atoms with Gasteiger partial charge in [-0.3, -0.25) is 9.69 Å². The van der Waals surface area contributed by atoms with Gasteiger partial charge >= 0.3 is 0 Å². The van der Waals surface area contributed by atoms with E-state index in [1.807, 2.05) is 0 Å². The molecule has 132 valence electrons. The second-order valence-corrected chi connectivity index (χ2v) is 13.8. The Hall–Kier alpha value is -0.973. The van der Waals surface area contributed by atoms with Crippen LogP contribution < -0.4 is 0 Å². The van der Waals surface area contributed by atoms with Crippen LogP contribution in [0.25, 0.3) is 0 Å². The number of fused-ring (bicyclic) bond motifs is 1. The zero-order chi connectivity index (χ0) is 17.5. The Morgan fingerprint density at radius 2 is 1.83 bits per heavy atom. The summed E-state index contributed by atoms with van der Waals surface area (Å²) in [6.45, 7) is 14.2. The van der Waals surface area contributed by atoms with E-state index in [1.165, 1.54) is 5.56 Å². The van der Waals surface area contributed by atoms with Crippen molar-refractivity contribution in [2.45, 2.75) is 58.0 Å². The molecule has 0 unspecified atom stereocenters. The molecule has 1 heterocycles. The third kappa shape index (κ3) is 3.51. The van der Waals surface area contributed by atoms with Crippen molar-refractivity contribution in [1.29, 1.82) is 0 Å². The first-order chi connectivity index (χ1) is 11.2. The van der Waals surface area contributed by atoms with Crippen LogP contribution in [0.5, 0.6) is 0 Å². The van der Waals surface area contributed by atoms with Gasteiger partial charge in [-0.2, -0.15) is 0 Å². The smallest absolute Gasteiger partial charge is 0.192 e. The average molecular weight is 346 g/mol. The van der Waals surface area contributed by atoms with E-state index in [2.05, 4.69) is 69.1 Å². The number of rotatable bonds is 4. The van der Waals surface area contributed by atoms with Crippen molar-refractivity contribution in [2.24, 2.45) is 11.8 Å². The van der Waals surface area contributed by atoms with Gasteiger partial charge < -0.3 is 4.43 Å². The molecule has 1 aromatic rings. The number of hydrogen-bond acceptors (Lipinski definition) is 3. The standard InChI is InChI=1S/C20H31NO2Si/c1-20(2,3)24(4,5)23-19-11-18(22)16-13-21(14-17(16)19)12-15-9-7-6-8-10-15/h6-10,16-17,19H,11-14H2,1-5H3/t16-,17+,19+/m0/s1. The normalized spacial score (nSPS) is 28.4. The number of benzene rings is 1. The fourth-order valence-electron chi connectivity index (χ4n) is 3.79. The van der Waals surface area contributed by atoms with Gasteiger partial charge in [0.15, 0.2) is 8.32 Å². The molecule has 0 aromatic heterocycles. The van der Waals surface area contributed by atoms with Crippen molar-refractivity contribution < 1.29 is 9.22 Å². The highest BCUT2D eigenvalue weighted by Crippen LogP contribution is 2.43. The van der Waals surface area contributed by atoms with Crippen molar-refractivity contribution in [1.82, 2.24) is 4.90 Å². The molecule has 3 rings (SSSR count). The first-order valence-electron chi connectivity index (χ1n) is 9.14. The zero-order valence-electron chi connectivity index (χ0n) is 15.7. The summed E-state index contributed by atoms with van der Waals surface area (Å²) in [5.74, 6) is 0.984. The van der Waals surface area contributed by atoms with Crippen LogP contribution in [0.2, 0.25) is 18.1 Å². The van der Waals surface area contributed by atoms with E-state index < -0.39 is 8.32 Å². The lowest BCUT2D eigenvalue weighted by atomic mass is 9.99. The molecule has 1 saturated carbocycles. The van der Waals surface area contributed by atoms with Gasteiger partial charge in [-0.25, -0.2) is 0 Å². The Morgan fingerprint density at radius 1 is 1.17 bits per heavy atom. The molecule has 2 aliphatic rings. The summed E-state index contributed by atoms with van der Waals surface area (Å²) in [5.41, 5.74) is 1.33. The molecule has 4 heteroatoms. The lowest BCUT2D eigenvalue weighted by Gasteiger charge is -2.39. The quantitative estimate of drug-likeness (QED) is 0.770. The van der Waals surface area contributed by atoms with Crippen LogP contribution in [0.15, 0.2) is 30.3 Å². The van der Waals surface area contributed by atoms with E-state index in [-0.39, 0.29) is 17.1 Å². The van der Waals surface area contributed by atoms with Crippen LogP contribution in [0.3, 0.4) is 0 Å². The van der Waals surface area contributed by atoms with Crippen molar-refractivity contribution >= 4 is 14.1 Å². The van der Waals surface area contributed by atoms with Gasteiger partial charge in [0.1, 0.15) is 5.78 Å². The fraction of sp³-hybridized carbons (Fsp3) is 0.650. The third-order valence-electron chi connectivity index (χ3n) is 6.24. The summed E-state index contributed by atoms with van der Waals surface area (Å²) in [6, 6.07) is 10.6. The van der Waals surface area contributed by atoms with E-state index in [1.54, 1.807) is 0 Å². The van der Waals surface area contributed by atoms with Crippen LogP contribution in [-0.2, 0) is 15.8 Å². The minimum absolute atomic E-state index is 0.129. The molecule has 0 spiro atoms.